The molecule has 2 fully saturated rings. The Morgan fingerprint density at radius 1 is 0.900 bits per heavy atom. The molecule has 2 aromatic carbocycles. The maximum Gasteiger partial charge on any atom is 0.252 e. The van der Waals surface area contributed by atoms with Crippen LogP contribution in [-0.4, -0.2) is 73.1 Å². The molecule has 3 aromatic rings. The number of piperazine rings is 1. The van der Waals surface area contributed by atoms with Gasteiger partial charge in [0.05, 0.1) is 5.56 Å². The summed E-state index contributed by atoms with van der Waals surface area (Å²) < 4.78 is 0. The van der Waals surface area contributed by atoms with Gasteiger partial charge in [0.2, 0.25) is 0 Å². The van der Waals surface area contributed by atoms with E-state index in [0.29, 0.717) is 29.5 Å². The molecular weight excluding hydrogens is 502 g/mol. The Balaban J connectivity index is 1.26. The topological polar surface area (TPSA) is 107 Å². The highest BCUT2D eigenvalue weighted by molar-refractivity contribution is 5.98. The number of pyridine rings is 1. The summed E-state index contributed by atoms with van der Waals surface area (Å²) in [6.45, 7) is 10.1. The lowest BCUT2D eigenvalue weighted by Gasteiger charge is -2.38. The second-order valence-corrected chi connectivity index (χ2v) is 10.8. The van der Waals surface area contributed by atoms with Crippen molar-refractivity contribution in [1.29, 1.82) is 0 Å². The summed E-state index contributed by atoms with van der Waals surface area (Å²) in [6.07, 6.45) is 1.83. The molecule has 3 heterocycles. The number of anilines is 4. The minimum absolute atomic E-state index is 0.00503. The van der Waals surface area contributed by atoms with Gasteiger partial charge in [-0.25, -0.2) is 4.98 Å². The van der Waals surface area contributed by atoms with Gasteiger partial charge in [0.15, 0.2) is 0 Å². The molecule has 1 atom stereocenters. The van der Waals surface area contributed by atoms with E-state index in [4.69, 9.17) is 10.7 Å². The number of benzene rings is 2. The van der Waals surface area contributed by atoms with Crippen LogP contribution in [0.15, 0.2) is 66.7 Å². The van der Waals surface area contributed by atoms with Crippen LogP contribution in [0.25, 0.3) is 0 Å². The first-order chi connectivity index (χ1) is 19.4. The maximum atomic E-state index is 12.7. The summed E-state index contributed by atoms with van der Waals surface area (Å²) in [7, 11) is 0. The highest BCUT2D eigenvalue weighted by atomic mass is 16.2. The summed E-state index contributed by atoms with van der Waals surface area (Å²) in [5.41, 5.74) is 8.70. The van der Waals surface area contributed by atoms with Crippen molar-refractivity contribution in [1.82, 2.24) is 15.2 Å². The average molecular weight is 542 g/mol. The Hall–Kier alpha value is -4.11. The van der Waals surface area contributed by atoms with Crippen molar-refractivity contribution >= 4 is 34.8 Å². The Labute approximate surface area is 236 Å². The first-order valence-corrected chi connectivity index (χ1v) is 14.1. The zero-order valence-corrected chi connectivity index (χ0v) is 23.3. The van der Waals surface area contributed by atoms with E-state index in [9.17, 15) is 9.59 Å². The predicted molar refractivity (Wildman–Crippen MR) is 161 cm³/mol. The quantitative estimate of drug-likeness (QED) is 0.398. The Morgan fingerprint density at radius 3 is 2.30 bits per heavy atom. The molecule has 2 aliphatic heterocycles. The molecule has 0 radical (unpaired) electrons. The fraction of sp³-hybridized carbons (Fsp3) is 0.387. The van der Waals surface area contributed by atoms with Crippen LogP contribution in [0.2, 0.25) is 0 Å². The molecule has 2 saturated heterocycles. The second kappa shape index (κ2) is 12.4. The third-order valence-corrected chi connectivity index (χ3v) is 7.80. The second-order valence-electron chi connectivity index (χ2n) is 10.8. The Kier molecular flexibility index (Phi) is 8.50. The van der Waals surface area contributed by atoms with Crippen molar-refractivity contribution in [2.75, 3.05) is 54.4 Å². The number of primary amides is 1. The summed E-state index contributed by atoms with van der Waals surface area (Å²) >= 11 is 0. The summed E-state index contributed by atoms with van der Waals surface area (Å²) in [4.78, 5) is 36.8. The molecule has 1 aromatic heterocycles. The van der Waals surface area contributed by atoms with Crippen molar-refractivity contribution in [3.63, 3.8) is 0 Å². The van der Waals surface area contributed by atoms with Gasteiger partial charge in [0.1, 0.15) is 11.6 Å². The molecule has 2 amide bonds. The van der Waals surface area contributed by atoms with Crippen LogP contribution in [0.4, 0.5) is 23.0 Å². The number of carbonyl (C=O) groups excluding carboxylic acids is 2. The highest BCUT2D eigenvalue weighted by Crippen LogP contribution is 2.27. The lowest BCUT2D eigenvalue weighted by atomic mass is 10.0. The van der Waals surface area contributed by atoms with Crippen LogP contribution in [0.3, 0.4) is 0 Å². The van der Waals surface area contributed by atoms with Gasteiger partial charge in [-0.2, -0.15) is 0 Å². The first kappa shape index (κ1) is 27.5. The van der Waals surface area contributed by atoms with Gasteiger partial charge in [0, 0.05) is 68.3 Å². The molecule has 9 nitrogen and oxygen atoms in total. The van der Waals surface area contributed by atoms with Crippen LogP contribution in [-0.2, 0) is 0 Å². The molecule has 0 spiro atoms. The van der Waals surface area contributed by atoms with Crippen LogP contribution in [0.1, 0.15) is 47.4 Å². The van der Waals surface area contributed by atoms with Gasteiger partial charge >= 0.3 is 0 Å². The van der Waals surface area contributed by atoms with E-state index in [1.54, 1.807) is 6.07 Å². The van der Waals surface area contributed by atoms with Gasteiger partial charge in [-0.3, -0.25) is 14.5 Å². The number of nitrogens with zero attached hydrogens (tertiary/aromatic N) is 4. The SMILES string of the molecule is CC(C)N1CCN(c2ccc(Nc3nc(N4CCCC(NC(=O)c5ccccc5)C4)ccc3C(N)=O)cc2)CC1. The minimum atomic E-state index is -0.534. The van der Waals surface area contributed by atoms with Gasteiger partial charge in [0.25, 0.3) is 11.8 Å². The predicted octanol–water partition coefficient (Wildman–Crippen LogP) is 3.85. The Morgan fingerprint density at radius 2 is 1.62 bits per heavy atom. The number of hydrogen-bond acceptors (Lipinski definition) is 7. The van der Waals surface area contributed by atoms with E-state index in [-0.39, 0.29) is 11.9 Å². The van der Waals surface area contributed by atoms with E-state index in [1.165, 1.54) is 5.69 Å². The van der Waals surface area contributed by atoms with Crippen LogP contribution < -0.4 is 26.2 Å². The number of aromatic nitrogens is 1. The van der Waals surface area contributed by atoms with E-state index in [0.717, 1.165) is 57.1 Å². The fourth-order valence-corrected chi connectivity index (χ4v) is 5.47. The van der Waals surface area contributed by atoms with Crippen LogP contribution in [0.5, 0.6) is 0 Å². The average Bonchev–Trinajstić information content (AvgIpc) is 2.98. The lowest BCUT2D eigenvalue weighted by Crippen LogP contribution is -2.48. The number of carbonyl (C=O) groups is 2. The molecule has 0 saturated carbocycles. The number of rotatable bonds is 8. The molecule has 1 unspecified atom stereocenters. The van der Waals surface area contributed by atoms with Gasteiger partial charge in [-0.1, -0.05) is 18.2 Å². The summed E-state index contributed by atoms with van der Waals surface area (Å²) in [5, 5.41) is 6.47. The summed E-state index contributed by atoms with van der Waals surface area (Å²) in [5.74, 6) is 0.564. The largest absolute Gasteiger partial charge is 0.369 e. The molecule has 9 heteroatoms. The maximum absolute atomic E-state index is 12.7. The van der Waals surface area contributed by atoms with E-state index < -0.39 is 5.91 Å². The normalized spacial score (nSPS) is 18.0. The van der Waals surface area contributed by atoms with E-state index >= 15 is 0 Å². The molecule has 40 heavy (non-hydrogen) atoms. The molecule has 0 aliphatic carbocycles. The van der Waals surface area contributed by atoms with Crippen LogP contribution in [0, 0.1) is 0 Å². The smallest absolute Gasteiger partial charge is 0.252 e. The van der Waals surface area contributed by atoms with E-state index in [1.807, 2.05) is 48.5 Å². The van der Waals surface area contributed by atoms with E-state index in [2.05, 4.69) is 51.3 Å². The van der Waals surface area contributed by atoms with Gasteiger partial charge in [-0.15, -0.1) is 0 Å². The number of piperidine rings is 1. The van der Waals surface area contributed by atoms with Crippen molar-refractivity contribution in [2.45, 2.75) is 38.8 Å². The van der Waals surface area contributed by atoms with Crippen LogP contribution >= 0.6 is 0 Å². The van der Waals surface area contributed by atoms with Gasteiger partial charge < -0.3 is 26.2 Å². The molecular formula is C31H39N7O2. The Bertz CT molecular complexity index is 1310. The van der Waals surface area contributed by atoms with Crippen molar-refractivity contribution < 1.29 is 9.59 Å². The minimum Gasteiger partial charge on any atom is -0.369 e. The monoisotopic (exact) mass is 541 g/mol. The summed E-state index contributed by atoms with van der Waals surface area (Å²) in [6, 6.07) is 21.6. The third kappa shape index (κ3) is 6.54. The number of hydrogen-bond donors (Lipinski definition) is 3. The standard InChI is InChI=1S/C31H39N7O2/c1-22(2)36-17-19-37(20-18-36)26-12-10-24(11-13-26)33-30-27(29(32)39)14-15-28(35-30)38-16-6-9-25(21-38)34-31(40)23-7-4-3-5-8-23/h3-5,7-8,10-15,22,25H,6,9,16-21H2,1-2H3,(H2,32,39)(H,33,35)(H,34,40). The highest BCUT2D eigenvalue weighted by Gasteiger charge is 2.24. The molecule has 210 valence electrons. The zero-order valence-electron chi connectivity index (χ0n) is 23.3. The third-order valence-electron chi connectivity index (χ3n) is 7.80. The number of amides is 2. The molecule has 4 N–H and O–H groups in total. The lowest BCUT2D eigenvalue weighted by molar-refractivity contribution is 0.0932. The molecule has 5 rings (SSSR count). The van der Waals surface area contributed by atoms with Crippen molar-refractivity contribution in [2.24, 2.45) is 5.73 Å². The van der Waals surface area contributed by atoms with Crippen molar-refractivity contribution in [3.05, 3.63) is 77.9 Å². The first-order valence-electron chi connectivity index (χ1n) is 14.1. The van der Waals surface area contributed by atoms with Crippen molar-refractivity contribution in [3.8, 4) is 0 Å². The molecule has 0 bridgehead atoms. The van der Waals surface area contributed by atoms with Gasteiger partial charge in [-0.05, 0) is 75.2 Å². The number of nitrogens with two attached hydrogens (primary N) is 1. The zero-order chi connectivity index (χ0) is 28.1. The fourth-order valence-electron chi connectivity index (χ4n) is 5.47. The number of nitrogens with one attached hydrogen (secondary N) is 2. The molecule has 2 aliphatic rings.